The van der Waals surface area contributed by atoms with Crippen LogP contribution >= 0.6 is 0 Å². The first-order valence-corrected chi connectivity index (χ1v) is 6.23. The number of hydrogen-bond donors (Lipinski definition) is 1. The Kier molecular flexibility index (Phi) is 4.81. The Morgan fingerprint density at radius 3 is 2.61 bits per heavy atom. The second kappa shape index (κ2) is 5.93. The number of carbonyl (C=O) groups excluding carboxylic acids is 2. The second-order valence-electron chi connectivity index (χ2n) is 5.28. The third-order valence-corrected chi connectivity index (χ3v) is 2.44. The van der Waals surface area contributed by atoms with E-state index in [2.05, 4.69) is 5.32 Å². The van der Waals surface area contributed by atoms with Gasteiger partial charge in [0.1, 0.15) is 5.60 Å². The molecule has 0 aromatic carbocycles. The van der Waals surface area contributed by atoms with E-state index in [0.29, 0.717) is 19.7 Å². The molecule has 0 radical (unpaired) electrons. The summed E-state index contributed by atoms with van der Waals surface area (Å²) < 4.78 is 10.1. The minimum atomic E-state index is -0.510. The predicted molar refractivity (Wildman–Crippen MR) is 66.4 cm³/mol. The molecule has 1 saturated heterocycles. The van der Waals surface area contributed by atoms with E-state index in [-0.39, 0.29) is 12.1 Å². The van der Waals surface area contributed by atoms with Crippen molar-refractivity contribution in [3.8, 4) is 0 Å². The second-order valence-corrected chi connectivity index (χ2v) is 5.28. The van der Waals surface area contributed by atoms with Crippen molar-refractivity contribution in [3.63, 3.8) is 0 Å². The van der Waals surface area contributed by atoms with Crippen LogP contribution in [0.2, 0.25) is 0 Å². The summed E-state index contributed by atoms with van der Waals surface area (Å²) in [6, 6.07) is -0.0655. The highest BCUT2D eigenvalue weighted by Crippen LogP contribution is 2.12. The fourth-order valence-corrected chi connectivity index (χ4v) is 1.73. The summed E-state index contributed by atoms with van der Waals surface area (Å²) in [4.78, 5) is 24.6. The topological polar surface area (TPSA) is 67.9 Å². The zero-order valence-corrected chi connectivity index (χ0v) is 11.5. The molecule has 1 N–H and O–H groups in total. The van der Waals surface area contributed by atoms with Gasteiger partial charge in [0.25, 0.3) is 0 Å². The van der Waals surface area contributed by atoms with Crippen LogP contribution in [0, 0.1) is 0 Å². The van der Waals surface area contributed by atoms with Crippen LogP contribution in [-0.4, -0.2) is 48.4 Å². The van der Waals surface area contributed by atoms with Crippen LogP contribution < -0.4 is 5.32 Å². The van der Waals surface area contributed by atoms with E-state index in [1.165, 1.54) is 0 Å². The molecule has 1 aliphatic rings. The lowest BCUT2D eigenvalue weighted by Gasteiger charge is -2.21. The Hall–Kier alpha value is -1.46. The average Bonchev–Trinajstić information content (AvgIpc) is 2.63. The molecule has 1 heterocycles. The maximum atomic E-state index is 11.5. The molecular formula is C12H22N2O4. The number of nitrogens with zero attached hydrogens (tertiary/aromatic N) is 1. The fourth-order valence-electron chi connectivity index (χ4n) is 1.73. The highest BCUT2D eigenvalue weighted by Gasteiger charge is 2.29. The van der Waals surface area contributed by atoms with Crippen molar-refractivity contribution in [2.45, 2.75) is 45.8 Å². The van der Waals surface area contributed by atoms with Gasteiger partial charge in [-0.2, -0.15) is 0 Å². The maximum absolute atomic E-state index is 11.5. The largest absolute Gasteiger partial charge is 0.450 e. The van der Waals surface area contributed by atoms with Crippen molar-refractivity contribution in [1.82, 2.24) is 10.2 Å². The minimum absolute atomic E-state index is 0.0655. The van der Waals surface area contributed by atoms with Crippen LogP contribution in [-0.2, 0) is 9.47 Å². The van der Waals surface area contributed by atoms with Gasteiger partial charge in [0, 0.05) is 13.1 Å². The third kappa shape index (κ3) is 4.81. The van der Waals surface area contributed by atoms with Gasteiger partial charge in [-0.15, -0.1) is 0 Å². The smallest absolute Gasteiger partial charge is 0.409 e. The number of hydrogen-bond acceptors (Lipinski definition) is 4. The number of likely N-dealkylation sites (tertiary alicyclic amines) is 1. The molecule has 0 bridgehead atoms. The first kappa shape index (κ1) is 14.6. The van der Waals surface area contributed by atoms with E-state index in [9.17, 15) is 9.59 Å². The lowest BCUT2D eigenvalue weighted by molar-refractivity contribution is 0.0503. The van der Waals surface area contributed by atoms with Gasteiger partial charge >= 0.3 is 12.2 Å². The summed E-state index contributed by atoms with van der Waals surface area (Å²) in [7, 11) is 0. The fraction of sp³-hybridized carbons (Fsp3) is 0.833. The molecule has 0 saturated carbocycles. The number of rotatable bonds is 2. The molecule has 2 amide bonds. The van der Waals surface area contributed by atoms with E-state index < -0.39 is 11.7 Å². The third-order valence-electron chi connectivity index (χ3n) is 2.44. The van der Waals surface area contributed by atoms with Crippen LogP contribution in [0.3, 0.4) is 0 Å². The van der Waals surface area contributed by atoms with Gasteiger partial charge in [-0.1, -0.05) is 0 Å². The van der Waals surface area contributed by atoms with Crippen LogP contribution in [0.25, 0.3) is 0 Å². The van der Waals surface area contributed by atoms with Crippen molar-refractivity contribution in [3.05, 3.63) is 0 Å². The van der Waals surface area contributed by atoms with Gasteiger partial charge in [0.05, 0.1) is 12.6 Å². The monoisotopic (exact) mass is 258 g/mol. The molecule has 1 atom stereocenters. The van der Waals surface area contributed by atoms with Gasteiger partial charge in [0.2, 0.25) is 0 Å². The predicted octanol–water partition coefficient (Wildman–Crippen LogP) is 1.74. The SMILES string of the molecule is CCOC(=O)N1CCC(NC(=O)OC(C)(C)C)C1. The Bertz CT molecular complexity index is 312. The maximum Gasteiger partial charge on any atom is 0.409 e. The van der Waals surface area contributed by atoms with Crippen molar-refractivity contribution in [1.29, 1.82) is 0 Å². The molecule has 6 nitrogen and oxygen atoms in total. The van der Waals surface area contributed by atoms with Crippen LogP contribution in [0.1, 0.15) is 34.1 Å². The molecule has 1 aliphatic heterocycles. The molecule has 0 spiro atoms. The standard InChI is InChI=1S/C12H22N2O4/c1-5-17-11(16)14-7-6-9(8-14)13-10(15)18-12(2,3)4/h9H,5-8H2,1-4H3,(H,13,15). The summed E-state index contributed by atoms with van der Waals surface area (Å²) in [5.41, 5.74) is -0.510. The molecule has 18 heavy (non-hydrogen) atoms. The van der Waals surface area contributed by atoms with Gasteiger partial charge in [-0.25, -0.2) is 9.59 Å². The molecule has 0 aromatic rings. The lowest BCUT2D eigenvalue weighted by Crippen LogP contribution is -2.41. The quantitative estimate of drug-likeness (QED) is 0.819. The number of ether oxygens (including phenoxy) is 2. The Morgan fingerprint density at radius 1 is 1.39 bits per heavy atom. The van der Waals surface area contributed by atoms with E-state index in [0.717, 1.165) is 6.42 Å². The Labute approximate surface area is 108 Å². The summed E-state index contributed by atoms with van der Waals surface area (Å²) in [5, 5.41) is 2.75. The summed E-state index contributed by atoms with van der Waals surface area (Å²) in [6.45, 7) is 8.63. The molecular weight excluding hydrogens is 236 g/mol. The highest BCUT2D eigenvalue weighted by atomic mass is 16.6. The average molecular weight is 258 g/mol. The van der Waals surface area contributed by atoms with Crippen LogP contribution in [0.15, 0.2) is 0 Å². The van der Waals surface area contributed by atoms with E-state index in [4.69, 9.17) is 9.47 Å². The first-order chi connectivity index (χ1) is 8.31. The van der Waals surface area contributed by atoms with E-state index in [1.807, 2.05) is 20.8 Å². The van der Waals surface area contributed by atoms with Gasteiger partial charge < -0.3 is 19.7 Å². The minimum Gasteiger partial charge on any atom is -0.450 e. The van der Waals surface area contributed by atoms with Crippen molar-refractivity contribution < 1.29 is 19.1 Å². The van der Waals surface area contributed by atoms with Crippen molar-refractivity contribution >= 4 is 12.2 Å². The number of alkyl carbamates (subject to hydrolysis) is 1. The summed E-state index contributed by atoms with van der Waals surface area (Å²) >= 11 is 0. The first-order valence-electron chi connectivity index (χ1n) is 6.23. The number of nitrogens with one attached hydrogen (secondary N) is 1. The zero-order chi connectivity index (χ0) is 13.8. The van der Waals surface area contributed by atoms with Crippen LogP contribution in [0.4, 0.5) is 9.59 Å². The molecule has 104 valence electrons. The Balaban J connectivity index is 2.34. The highest BCUT2D eigenvalue weighted by molar-refractivity contribution is 5.70. The molecule has 1 rings (SSSR count). The molecule has 1 unspecified atom stereocenters. The normalized spacial score (nSPS) is 19.6. The molecule has 0 aliphatic carbocycles. The molecule has 1 fully saturated rings. The molecule has 6 heteroatoms. The summed E-state index contributed by atoms with van der Waals surface area (Å²) in [5.74, 6) is 0. The Morgan fingerprint density at radius 2 is 2.06 bits per heavy atom. The number of amides is 2. The van der Waals surface area contributed by atoms with Crippen molar-refractivity contribution in [2.24, 2.45) is 0 Å². The molecule has 0 aromatic heterocycles. The van der Waals surface area contributed by atoms with E-state index >= 15 is 0 Å². The van der Waals surface area contributed by atoms with Crippen molar-refractivity contribution in [2.75, 3.05) is 19.7 Å². The van der Waals surface area contributed by atoms with Gasteiger partial charge in [0.15, 0.2) is 0 Å². The lowest BCUT2D eigenvalue weighted by atomic mass is 10.2. The van der Waals surface area contributed by atoms with E-state index in [1.54, 1.807) is 11.8 Å². The van der Waals surface area contributed by atoms with Gasteiger partial charge in [-0.05, 0) is 34.1 Å². The van der Waals surface area contributed by atoms with Gasteiger partial charge in [-0.3, -0.25) is 0 Å². The van der Waals surface area contributed by atoms with Crippen LogP contribution in [0.5, 0.6) is 0 Å². The summed E-state index contributed by atoms with van der Waals surface area (Å²) in [6.07, 6.45) is -0.0536. The zero-order valence-electron chi connectivity index (χ0n) is 11.5. The number of carbonyl (C=O) groups is 2.